The smallest absolute Gasteiger partial charge is 0.308 e. The van der Waals surface area contributed by atoms with Crippen LogP contribution in [0.15, 0.2) is 24.3 Å². The number of aryl methyl sites for hydroxylation is 2. The standard InChI is InChI=1S/C19H22N2O3/c1-11-4-5-14-9-16(13(3)20-17(14)8-11)18(22)21(15-6-7-15)10-12(2)19(23)24/h4-5,8-9,12,15H,6-7,10H2,1-3H3,(H,23,24)/t12-/m1/s1. The molecular formula is C19H22N2O3. The number of hydrogen-bond acceptors (Lipinski definition) is 3. The molecule has 0 radical (unpaired) electrons. The molecule has 1 aliphatic rings. The maximum Gasteiger partial charge on any atom is 0.308 e. The average molecular weight is 326 g/mol. The molecule has 0 unspecified atom stereocenters. The Morgan fingerprint density at radius 3 is 2.62 bits per heavy atom. The zero-order chi connectivity index (χ0) is 17.4. The molecule has 2 aromatic rings. The molecule has 5 nitrogen and oxygen atoms in total. The molecule has 0 spiro atoms. The number of fused-ring (bicyclic) bond motifs is 1. The summed E-state index contributed by atoms with van der Waals surface area (Å²) in [6.45, 7) is 5.72. The van der Waals surface area contributed by atoms with E-state index in [-0.39, 0.29) is 18.5 Å². The van der Waals surface area contributed by atoms with Crippen LogP contribution in [-0.4, -0.2) is 39.5 Å². The molecule has 1 aromatic carbocycles. The van der Waals surface area contributed by atoms with Crippen molar-refractivity contribution in [3.05, 3.63) is 41.1 Å². The van der Waals surface area contributed by atoms with E-state index in [0.717, 1.165) is 29.3 Å². The summed E-state index contributed by atoms with van der Waals surface area (Å²) in [5.74, 6) is -1.57. The third kappa shape index (κ3) is 3.25. The van der Waals surface area contributed by atoms with Crippen molar-refractivity contribution in [1.29, 1.82) is 0 Å². The highest BCUT2D eigenvalue weighted by Gasteiger charge is 2.35. The third-order valence-corrected chi connectivity index (χ3v) is 4.53. The maximum absolute atomic E-state index is 13.0. The molecule has 0 saturated heterocycles. The van der Waals surface area contributed by atoms with Crippen LogP contribution in [0.1, 0.15) is 41.4 Å². The van der Waals surface area contributed by atoms with Crippen molar-refractivity contribution in [2.75, 3.05) is 6.54 Å². The fourth-order valence-electron chi connectivity index (χ4n) is 2.90. The molecule has 0 aliphatic heterocycles. The van der Waals surface area contributed by atoms with Gasteiger partial charge < -0.3 is 10.0 Å². The molecule has 3 rings (SSSR count). The van der Waals surface area contributed by atoms with Crippen LogP contribution in [0.25, 0.3) is 10.9 Å². The lowest BCUT2D eigenvalue weighted by molar-refractivity contribution is -0.141. The summed E-state index contributed by atoms with van der Waals surface area (Å²) in [6.07, 6.45) is 1.88. The van der Waals surface area contributed by atoms with Gasteiger partial charge in [-0.1, -0.05) is 19.1 Å². The molecule has 1 saturated carbocycles. The number of aromatic nitrogens is 1. The van der Waals surface area contributed by atoms with E-state index in [4.69, 9.17) is 5.11 Å². The van der Waals surface area contributed by atoms with E-state index in [1.807, 2.05) is 38.1 Å². The highest BCUT2D eigenvalue weighted by molar-refractivity contribution is 5.99. The summed E-state index contributed by atoms with van der Waals surface area (Å²) in [7, 11) is 0. The Kier molecular flexibility index (Phi) is 4.26. The second-order valence-corrected chi connectivity index (χ2v) is 6.75. The van der Waals surface area contributed by atoms with Crippen LogP contribution >= 0.6 is 0 Å². The normalized spacial score (nSPS) is 15.3. The van der Waals surface area contributed by atoms with Crippen LogP contribution in [-0.2, 0) is 4.79 Å². The van der Waals surface area contributed by atoms with Gasteiger partial charge in [0.15, 0.2) is 0 Å². The minimum atomic E-state index is -0.878. The van der Waals surface area contributed by atoms with Crippen LogP contribution in [0.5, 0.6) is 0 Å². The number of rotatable bonds is 5. The Balaban J connectivity index is 1.95. The number of carboxylic acids is 1. The number of benzene rings is 1. The van der Waals surface area contributed by atoms with Gasteiger partial charge in [0, 0.05) is 18.0 Å². The molecule has 1 heterocycles. The minimum Gasteiger partial charge on any atom is -0.481 e. The van der Waals surface area contributed by atoms with Crippen molar-refractivity contribution in [1.82, 2.24) is 9.88 Å². The van der Waals surface area contributed by atoms with Crippen molar-refractivity contribution < 1.29 is 14.7 Å². The van der Waals surface area contributed by atoms with Crippen LogP contribution in [0.4, 0.5) is 0 Å². The Hall–Kier alpha value is -2.43. The number of carboxylic acid groups (broad SMARTS) is 1. The van der Waals surface area contributed by atoms with Crippen molar-refractivity contribution >= 4 is 22.8 Å². The van der Waals surface area contributed by atoms with Gasteiger partial charge in [-0.25, -0.2) is 0 Å². The molecule has 0 bridgehead atoms. The third-order valence-electron chi connectivity index (χ3n) is 4.53. The number of carbonyl (C=O) groups excluding carboxylic acids is 1. The van der Waals surface area contributed by atoms with E-state index in [2.05, 4.69) is 4.98 Å². The number of carbonyl (C=O) groups is 2. The van der Waals surface area contributed by atoms with Gasteiger partial charge in [-0.3, -0.25) is 14.6 Å². The minimum absolute atomic E-state index is 0.113. The molecular weight excluding hydrogens is 304 g/mol. The van der Waals surface area contributed by atoms with E-state index < -0.39 is 11.9 Å². The number of nitrogens with zero attached hydrogens (tertiary/aromatic N) is 2. The summed E-state index contributed by atoms with van der Waals surface area (Å²) in [5.41, 5.74) is 3.26. The van der Waals surface area contributed by atoms with Gasteiger partial charge >= 0.3 is 5.97 Å². The van der Waals surface area contributed by atoms with E-state index in [1.165, 1.54) is 0 Å². The molecule has 1 aliphatic carbocycles. The number of aliphatic carboxylic acids is 1. The first-order chi connectivity index (χ1) is 11.4. The maximum atomic E-state index is 13.0. The van der Waals surface area contributed by atoms with Gasteiger partial charge in [0.05, 0.1) is 22.7 Å². The molecule has 126 valence electrons. The first-order valence-corrected chi connectivity index (χ1v) is 8.28. The van der Waals surface area contributed by atoms with Crippen molar-refractivity contribution in [2.45, 2.75) is 39.7 Å². The van der Waals surface area contributed by atoms with Crippen LogP contribution in [0, 0.1) is 19.8 Å². The molecule has 1 atom stereocenters. The second-order valence-electron chi connectivity index (χ2n) is 6.75. The van der Waals surface area contributed by atoms with Crippen LogP contribution in [0.2, 0.25) is 0 Å². The SMILES string of the molecule is Cc1ccc2cc(C(=O)N(C[C@@H](C)C(=O)O)C3CC3)c(C)nc2c1. The van der Waals surface area contributed by atoms with Gasteiger partial charge in [0.2, 0.25) is 0 Å². The lowest BCUT2D eigenvalue weighted by atomic mass is 10.1. The molecule has 1 amide bonds. The largest absolute Gasteiger partial charge is 0.481 e. The molecule has 1 fully saturated rings. The molecule has 1 aromatic heterocycles. The van der Waals surface area contributed by atoms with E-state index >= 15 is 0 Å². The molecule has 24 heavy (non-hydrogen) atoms. The predicted octanol–water partition coefficient (Wildman–Crippen LogP) is 3.18. The molecule has 1 N–H and O–H groups in total. The summed E-state index contributed by atoms with van der Waals surface area (Å²) >= 11 is 0. The van der Waals surface area contributed by atoms with Gasteiger partial charge in [0.25, 0.3) is 5.91 Å². The van der Waals surface area contributed by atoms with Crippen molar-refractivity contribution in [2.24, 2.45) is 5.92 Å². The highest BCUT2D eigenvalue weighted by atomic mass is 16.4. The summed E-state index contributed by atoms with van der Waals surface area (Å²) in [5, 5.41) is 10.1. The average Bonchev–Trinajstić information content (AvgIpc) is 3.35. The lowest BCUT2D eigenvalue weighted by Crippen LogP contribution is -2.39. The fraction of sp³-hybridized carbons (Fsp3) is 0.421. The number of pyridine rings is 1. The number of hydrogen-bond donors (Lipinski definition) is 1. The predicted molar refractivity (Wildman–Crippen MR) is 92.1 cm³/mol. The van der Waals surface area contributed by atoms with Gasteiger partial charge in [-0.15, -0.1) is 0 Å². The van der Waals surface area contributed by atoms with Crippen LogP contribution in [0.3, 0.4) is 0 Å². The Bertz CT molecular complexity index is 812. The van der Waals surface area contributed by atoms with E-state index in [9.17, 15) is 9.59 Å². The zero-order valence-electron chi connectivity index (χ0n) is 14.2. The highest BCUT2D eigenvalue weighted by Crippen LogP contribution is 2.30. The lowest BCUT2D eigenvalue weighted by Gasteiger charge is -2.25. The Morgan fingerprint density at radius 2 is 2.00 bits per heavy atom. The van der Waals surface area contributed by atoms with E-state index in [0.29, 0.717) is 11.3 Å². The Labute approximate surface area is 141 Å². The monoisotopic (exact) mass is 326 g/mol. The first-order valence-electron chi connectivity index (χ1n) is 8.28. The quantitative estimate of drug-likeness (QED) is 0.916. The Morgan fingerprint density at radius 1 is 1.29 bits per heavy atom. The summed E-state index contributed by atoms with van der Waals surface area (Å²) in [4.78, 5) is 30.5. The second kappa shape index (κ2) is 6.23. The fourth-order valence-corrected chi connectivity index (χ4v) is 2.90. The topological polar surface area (TPSA) is 70.5 Å². The van der Waals surface area contributed by atoms with Gasteiger partial charge in [-0.2, -0.15) is 0 Å². The first kappa shape index (κ1) is 16.4. The molecule has 5 heteroatoms. The zero-order valence-corrected chi connectivity index (χ0v) is 14.2. The van der Waals surface area contributed by atoms with Gasteiger partial charge in [0.1, 0.15) is 0 Å². The van der Waals surface area contributed by atoms with Gasteiger partial charge in [-0.05, 0) is 44.4 Å². The van der Waals surface area contributed by atoms with Crippen LogP contribution < -0.4 is 0 Å². The van der Waals surface area contributed by atoms with Crippen molar-refractivity contribution in [3.63, 3.8) is 0 Å². The van der Waals surface area contributed by atoms with E-state index in [1.54, 1.807) is 11.8 Å². The summed E-state index contributed by atoms with van der Waals surface area (Å²) < 4.78 is 0. The van der Waals surface area contributed by atoms with Crippen molar-refractivity contribution in [3.8, 4) is 0 Å². The number of amides is 1. The summed E-state index contributed by atoms with van der Waals surface area (Å²) in [6, 6.07) is 8.00.